The first-order valence-electron chi connectivity index (χ1n) is 17.2. The van der Waals surface area contributed by atoms with E-state index >= 15 is 0 Å². The van der Waals surface area contributed by atoms with Gasteiger partial charge in [0.05, 0.1) is 16.3 Å². The smallest absolute Gasteiger partial charge is 0.326 e. The van der Waals surface area contributed by atoms with Gasteiger partial charge in [-0.25, -0.2) is 4.79 Å². The van der Waals surface area contributed by atoms with E-state index in [0.29, 0.717) is 41.9 Å². The molecule has 5 aliphatic rings. The highest BCUT2D eigenvalue weighted by Gasteiger charge is 2.52. The minimum absolute atomic E-state index is 0.0565. The van der Waals surface area contributed by atoms with Crippen LogP contribution in [-0.4, -0.2) is 71.4 Å². The van der Waals surface area contributed by atoms with Crippen molar-refractivity contribution in [2.75, 3.05) is 24.5 Å². The quantitative estimate of drug-likeness (QED) is 0.222. The number of likely N-dealkylation sites (tertiary alicyclic amines) is 1. The van der Waals surface area contributed by atoms with E-state index in [1.807, 2.05) is 74.2 Å². The zero-order valence-electron chi connectivity index (χ0n) is 28.1. The fourth-order valence-corrected chi connectivity index (χ4v) is 8.89. The Balaban J connectivity index is 1.04. The summed E-state index contributed by atoms with van der Waals surface area (Å²) in [5.74, 6) is 0.801. The van der Waals surface area contributed by atoms with Gasteiger partial charge in [0.2, 0.25) is 0 Å². The van der Waals surface area contributed by atoms with Crippen LogP contribution in [-0.2, 0) is 9.59 Å². The van der Waals surface area contributed by atoms with Crippen molar-refractivity contribution >= 4 is 35.3 Å². The molecule has 4 aliphatic heterocycles. The van der Waals surface area contributed by atoms with E-state index in [-0.39, 0.29) is 46.8 Å². The molecule has 0 aromatic heterocycles. The van der Waals surface area contributed by atoms with Gasteiger partial charge in [-0.2, -0.15) is 5.26 Å². The molecule has 4 fully saturated rings. The molecule has 11 nitrogen and oxygen atoms in total. The molecule has 256 valence electrons. The van der Waals surface area contributed by atoms with Crippen LogP contribution in [0.5, 0.6) is 11.5 Å². The normalized spacial score (nSPS) is 25.3. The molecule has 2 aromatic rings. The number of carbonyl (C=O) groups excluding carboxylic acids is 3. The number of aryl methyl sites for hydroxylation is 1. The zero-order chi connectivity index (χ0) is 34.3. The molecule has 0 radical (unpaired) electrons. The van der Waals surface area contributed by atoms with E-state index in [0.717, 1.165) is 49.2 Å². The van der Waals surface area contributed by atoms with Crippen molar-refractivity contribution in [3.63, 3.8) is 0 Å². The van der Waals surface area contributed by atoms with E-state index in [1.54, 1.807) is 11.0 Å². The van der Waals surface area contributed by atoms with Gasteiger partial charge in [0.25, 0.3) is 11.8 Å². The van der Waals surface area contributed by atoms with E-state index in [9.17, 15) is 19.6 Å². The van der Waals surface area contributed by atoms with Crippen molar-refractivity contribution in [3.8, 4) is 17.6 Å². The predicted octanol–water partition coefficient (Wildman–Crippen LogP) is 4.67. The molecular weight excluding hydrogens is 639 g/mol. The molecular formula is C37H43N7O4S. The number of rotatable bonds is 9. The van der Waals surface area contributed by atoms with Gasteiger partial charge in [0, 0.05) is 48.0 Å². The minimum Gasteiger partial charge on any atom is -0.457 e. The van der Waals surface area contributed by atoms with Crippen molar-refractivity contribution in [1.29, 1.82) is 5.26 Å². The molecule has 0 bridgehead atoms. The number of para-hydroxylation sites is 1. The lowest BCUT2D eigenvalue weighted by molar-refractivity contribution is -0.129. The third-order valence-electron chi connectivity index (χ3n) is 9.81. The summed E-state index contributed by atoms with van der Waals surface area (Å²) in [6, 6.07) is 17.2. The first-order chi connectivity index (χ1) is 23.6. The van der Waals surface area contributed by atoms with Crippen LogP contribution in [0.3, 0.4) is 0 Å². The first-order valence-corrected chi connectivity index (χ1v) is 18.1. The van der Waals surface area contributed by atoms with Gasteiger partial charge in [-0.1, -0.05) is 30.0 Å². The Bertz CT molecular complexity index is 1750. The Morgan fingerprint density at radius 1 is 1.08 bits per heavy atom. The van der Waals surface area contributed by atoms with Crippen LogP contribution in [0.25, 0.3) is 0 Å². The van der Waals surface area contributed by atoms with Crippen molar-refractivity contribution in [3.05, 3.63) is 76.3 Å². The van der Waals surface area contributed by atoms with Gasteiger partial charge >= 0.3 is 6.03 Å². The number of urea groups is 1. The van der Waals surface area contributed by atoms with Crippen LogP contribution in [0.1, 0.15) is 51.5 Å². The molecule has 1 aliphatic carbocycles. The average molecular weight is 682 g/mol. The van der Waals surface area contributed by atoms with Crippen LogP contribution in [0, 0.1) is 24.2 Å². The number of hydrogen-bond donors (Lipinski definition) is 4. The second kappa shape index (κ2) is 13.5. The molecule has 3 unspecified atom stereocenters. The number of benzene rings is 2. The number of piperidine rings is 2. The van der Waals surface area contributed by atoms with Crippen LogP contribution in [0.4, 0.5) is 10.5 Å². The molecule has 4 amide bonds. The number of nitriles is 1. The molecule has 49 heavy (non-hydrogen) atoms. The number of hydrogen-bond acceptors (Lipinski definition) is 8. The number of carbonyl (C=O) groups is 3. The average Bonchev–Trinajstić information content (AvgIpc) is 3.81. The maximum atomic E-state index is 13.8. The van der Waals surface area contributed by atoms with Gasteiger partial charge in [-0.05, 0) is 101 Å². The van der Waals surface area contributed by atoms with Crippen LogP contribution < -0.4 is 30.9 Å². The first kappa shape index (κ1) is 33.2. The maximum Gasteiger partial charge on any atom is 0.326 e. The number of nitrogens with one attached hydrogen (secondary N) is 4. The molecule has 2 aromatic carbocycles. The Morgan fingerprint density at radius 3 is 2.61 bits per heavy atom. The summed E-state index contributed by atoms with van der Waals surface area (Å²) < 4.78 is 6.03. The fourth-order valence-electron chi connectivity index (χ4n) is 7.49. The van der Waals surface area contributed by atoms with Crippen LogP contribution in [0.15, 0.2) is 70.8 Å². The highest BCUT2D eigenvalue weighted by atomic mass is 32.2. The zero-order valence-corrected chi connectivity index (χ0v) is 28.9. The molecule has 7 rings (SSSR count). The third kappa shape index (κ3) is 7.06. The Labute approximate surface area is 291 Å². The lowest BCUT2D eigenvalue weighted by Crippen LogP contribution is -2.62. The lowest BCUT2D eigenvalue weighted by atomic mass is 9.86. The number of amides is 4. The van der Waals surface area contributed by atoms with E-state index in [2.05, 4.69) is 27.3 Å². The fraction of sp³-hybridized carbons (Fsp3) is 0.459. The van der Waals surface area contributed by atoms with Gasteiger partial charge < -0.3 is 30.9 Å². The van der Waals surface area contributed by atoms with Crippen molar-refractivity contribution in [2.24, 2.45) is 5.92 Å². The third-order valence-corrected chi connectivity index (χ3v) is 11.2. The Kier molecular flexibility index (Phi) is 9.17. The molecule has 1 saturated carbocycles. The molecule has 4 heterocycles. The standard InChI is InChI=1S/C37H43N7O4S/c1-22-18-27(48-26-9-5-4-6-10-26)13-14-28(22)44-29-15-16-39-34-30(29)31(41-36(44)47)32(49-34)33(45)40-25-8-7-17-43(21-25)35(46)23(20-38)19-37(2,3)42-24-11-12-24/h4-6,9-10,13-14,18-19,24-25,29-30,34,39,42H,7-8,11-12,15-17,21H2,1-3H3,(H,40,45)(H,41,47)/b23-19+/t25-,29?,30?,34?/m1/s1. The summed E-state index contributed by atoms with van der Waals surface area (Å²) in [4.78, 5) is 45.1. The largest absolute Gasteiger partial charge is 0.457 e. The molecule has 0 spiro atoms. The number of anilines is 1. The van der Waals surface area contributed by atoms with Crippen molar-refractivity contribution in [2.45, 2.75) is 81.9 Å². The molecule has 4 atom stereocenters. The topological polar surface area (TPSA) is 139 Å². The Morgan fingerprint density at radius 2 is 1.88 bits per heavy atom. The maximum absolute atomic E-state index is 13.8. The van der Waals surface area contributed by atoms with Gasteiger partial charge in [-0.3, -0.25) is 14.5 Å². The molecule has 4 N–H and O–H groups in total. The lowest BCUT2D eigenvalue weighted by Gasteiger charge is -2.46. The van der Waals surface area contributed by atoms with Crippen LogP contribution >= 0.6 is 11.8 Å². The van der Waals surface area contributed by atoms with Gasteiger partial charge in [0.15, 0.2) is 0 Å². The van der Waals surface area contributed by atoms with Crippen molar-refractivity contribution in [1.82, 2.24) is 26.2 Å². The second-order valence-corrected chi connectivity index (χ2v) is 15.3. The summed E-state index contributed by atoms with van der Waals surface area (Å²) in [6.07, 6.45) is 6.13. The summed E-state index contributed by atoms with van der Waals surface area (Å²) in [7, 11) is 0. The molecule has 12 heteroatoms. The van der Waals surface area contributed by atoms with E-state index in [4.69, 9.17) is 4.74 Å². The SMILES string of the molecule is Cc1cc(Oc2ccccc2)ccc1N1C(=O)NC2=C(C(=O)N[C@@H]3CCCN(C(=O)/C(C#N)=C/C(C)(C)NC4CC4)C3)SC3NCCC1C23. The van der Waals surface area contributed by atoms with E-state index in [1.165, 1.54) is 11.8 Å². The number of thioether (sulfide) groups is 1. The number of nitrogens with zero attached hydrogens (tertiary/aromatic N) is 3. The summed E-state index contributed by atoms with van der Waals surface area (Å²) >= 11 is 1.46. The highest BCUT2D eigenvalue weighted by molar-refractivity contribution is 8.04. The predicted molar refractivity (Wildman–Crippen MR) is 189 cm³/mol. The van der Waals surface area contributed by atoms with Gasteiger partial charge in [0.1, 0.15) is 23.1 Å². The highest BCUT2D eigenvalue weighted by Crippen LogP contribution is 2.48. The molecule has 3 saturated heterocycles. The minimum atomic E-state index is -0.472. The number of ether oxygens (including phenoxy) is 1. The summed E-state index contributed by atoms with van der Waals surface area (Å²) in [6.45, 7) is 7.51. The van der Waals surface area contributed by atoms with E-state index < -0.39 is 5.54 Å². The van der Waals surface area contributed by atoms with Gasteiger partial charge in [-0.15, -0.1) is 0 Å². The van der Waals surface area contributed by atoms with Crippen molar-refractivity contribution < 1.29 is 19.1 Å². The summed E-state index contributed by atoms with van der Waals surface area (Å²) in [5, 5.41) is 23.1. The second-order valence-electron chi connectivity index (χ2n) is 14.2. The monoisotopic (exact) mass is 681 g/mol. The Hall–Kier alpha value is -4.31. The van der Waals surface area contributed by atoms with Crippen LogP contribution in [0.2, 0.25) is 0 Å². The summed E-state index contributed by atoms with van der Waals surface area (Å²) in [5.41, 5.74) is 2.04.